The fourth-order valence-corrected chi connectivity index (χ4v) is 2.07. The number of aliphatic hydroxyl groups is 2. The van der Waals surface area contributed by atoms with Crippen molar-refractivity contribution < 1.29 is 19.7 Å². The molecule has 0 saturated carbocycles. The average molecular weight is 293 g/mol. The smallest absolute Gasteiger partial charge is 0.134 e. The van der Waals surface area contributed by atoms with Crippen molar-refractivity contribution in [2.24, 2.45) is 0 Å². The number of hydrogen-bond acceptors (Lipinski definition) is 5. The molecular formula is C16H23NO4. The fraction of sp³-hybridized carbons (Fsp3) is 0.500. The molecule has 0 saturated heterocycles. The van der Waals surface area contributed by atoms with Crippen LogP contribution in [0.1, 0.15) is 11.1 Å². The first-order valence-corrected chi connectivity index (χ1v) is 6.73. The molecule has 1 aromatic rings. The van der Waals surface area contributed by atoms with E-state index in [4.69, 9.17) is 14.6 Å². The van der Waals surface area contributed by atoms with E-state index in [0.717, 1.165) is 11.1 Å². The standard InChI is InChI=1S/C16H23NO4/c1-17(11-15(19)12-20-2)10-13-6-7-16(21-3)14(9-13)5-4-8-18/h6-7,9,15,18-19H,8,10-12H2,1-3H3. The summed E-state index contributed by atoms with van der Waals surface area (Å²) in [5.74, 6) is 6.18. The number of methoxy groups -OCH3 is 2. The lowest BCUT2D eigenvalue weighted by molar-refractivity contribution is 0.0419. The third kappa shape index (κ3) is 6.15. The van der Waals surface area contributed by atoms with Gasteiger partial charge in [0, 0.05) is 20.2 Å². The molecule has 1 aromatic carbocycles. The Morgan fingerprint density at radius 3 is 2.71 bits per heavy atom. The largest absolute Gasteiger partial charge is 0.495 e. The molecule has 0 amide bonds. The Hall–Kier alpha value is -1.58. The van der Waals surface area contributed by atoms with Crippen LogP contribution in [0.5, 0.6) is 5.75 Å². The third-order valence-corrected chi connectivity index (χ3v) is 2.90. The van der Waals surface area contributed by atoms with E-state index in [1.54, 1.807) is 14.2 Å². The maximum atomic E-state index is 9.71. The van der Waals surface area contributed by atoms with Crippen LogP contribution < -0.4 is 4.74 Å². The highest BCUT2D eigenvalue weighted by Crippen LogP contribution is 2.19. The van der Waals surface area contributed by atoms with Crippen LogP contribution in [0.3, 0.4) is 0 Å². The molecule has 21 heavy (non-hydrogen) atoms. The molecule has 116 valence electrons. The van der Waals surface area contributed by atoms with Crippen LogP contribution in [0.15, 0.2) is 18.2 Å². The van der Waals surface area contributed by atoms with Crippen LogP contribution in [-0.2, 0) is 11.3 Å². The molecule has 0 aliphatic carbocycles. The molecule has 0 spiro atoms. The number of benzene rings is 1. The molecule has 1 rings (SSSR count). The van der Waals surface area contributed by atoms with Crippen LogP contribution in [0.25, 0.3) is 0 Å². The summed E-state index contributed by atoms with van der Waals surface area (Å²) in [5, 5.41) is 18.5. The number of likely N-dealkylation sites (N-methyl/N-ethyl adjacent to an activating group) is 1. The zero-order valence-corrected chi connectivity index (χ0v) is 12.8. The first kappa shape index (κ1) is 17.5. The normalized spacial score (nSPS) is 11.9. The number of aliphatic hydroxyl groups excluding tert-OH is 2. The summed E-state index contributed by atoms with van der Waals surface area (Å²) in [6.45, 7) is 1.34. The molecule has 0 aliphatic rings. The second-order valence-corrected chi connectivity index (χ2v) is 4.80. The summed E-state index contributed by atoms with van der Waals surface area (Å²) < 4.78 is 10.2. The van der Waals surface area contributed by atoms with Gasteiger partial charge in [0.15, 0.2) is 0 Å². The lowest BCUT2D eigenvalue weighted by Crippen LogP contribution is -2.31. The summed E-state index contributed by atoms with van der Waals surface area (Å²) >= 11 is 0. The molecule has 0 aliphatic heterocycles. The number of hydrogen-bond donors (Lipinski definition) is 2. The van der Waals surface area contributed by atoms with Crippen molar-refractivity contribution in [2.45, 2.75) is 12.6 Å². The molecular weight excluding hydrogens is 270 g/mol. The molecule has 0 fully saturated rings. The zero-order chi connectivity index (χ0) is 15.7. The summed E-state index contributed by atoms with van der Waals surface area (Å²) in [5.41, 5.74) is 1.81. The Kier molecular flexibility index (Phi) is 7.80. The van der Waals surface area contributed by atoms with Crippen LogP contribution in [0.4, 0.5) is 0 Å². The Balaban J connectivity index is 2.75. The molecule has 0 bridgehead atoms. The van der Waals surface area contributed by atoms with E-state index >= 15 is 0 Å². The zero-order valence-electron chi connectivity index (χ0n) is 12.8. The SMILES string of the molecule is COCC(O)CN(C)Cc1ccc(OC)c(C#CCO)c1. The van der Waals surface area contributed by atoms with Gasteiger partial charge >= 0.3 is 0 Å². The predicted octanol–water partition coefficient (Wildman–Crippen LogP) is 0.478. The average Bonchev–Trinajstić information content (AvgIpc) is 2.45. The summed E-state index contributed by atoms with van der Waals surface area (Å²) in [7, 11) is 5.09. The summed E-state index contributed by atoms with van der Waals surface area (Å²) in [6, 6.07) is 5.75. The first-order chi connectivity index (χ1) is 10.1. The van der Waals surface area contributed by atoms with Crippen LogP contribution in [-0.4, -0.2) is 62.2 Å². The van der Waals surface area contributed by atoms with Crippen molar-refractivity contribution in [1.82, 2.24) is 4.90 Å². The third-order valence-electron chi connectivity index (χ3n) is 2.90. The highest BCUT2D eigenvalue weighted by atomic mass is 16.5. The van der Waals surface area contributed by atoms with E-state index in [9.17, 15) is 5.11 Å². The van der Waals surface area contributed by atoms with Crippen molar-refractivity contribution in [3.05, 3.63) is 29.3 Å². The van der Waals surface area contributed by atoms with Crippen molar-refractivity contribution in [3.8, 4) is 17.6 Å². The number of ether oxygens (including phenoxy) is 2. The minimum atomic E-state index is -0.508. The van der Waals surface area contributed by atoms with Gasteiger partial charge in [-0.15, -0.1) is 0 Å². The Bertz CT molecular complexity index is 493. The predicted molar refractivity (Wildman–Crippen MR) is 81.2 cm³/mol. The van der Waals surface area contributed by atoms with Gasteiger partial charge in [-0.3, -0.25) is 4.90 Å². The lowest BCUT2D eigenvalue weighted by atomic mass is 10.1. The van der Waals surface area contributed by atoms with Crippen LogP contribution in [0, 0.1) is 11.8 Å². The topological polar surface area (TPSA) is 62.2 Å². The monoisotopic (exact) mass is 293 g/mol. The van der Waals surface area contributed by atoms with Gasteiger partial charge in [0.2, 0.25) is 0 Å². The lowest BCUT2D eigenvalue weighted by Gasteiger charge is -2.20. The second kappa shape index (κ2) is 9.37. The molecule has 0 aromatic heterocycles. The van der Waals surface area contributed by atoms with Crippen LogP contribution in [0.2, 0.25) is 0 Å². The Labute approximate surface area is 126 Å². The molecule has 5 nitrogen and oxygen atoms in total. The molecule has 0 radical (unpaired) electrons. The van der Waals surface area contributed by atoms with E-state index in [0.29, 0.717) is 25.4 Å². The first-order valence-electron chi connectivity index (χ1n) is 6.73. The van der Waals surface area contributed by atoms with E-state index in [2.05, 4.69) is 11.8 Å². The number of nitrogens with zero attached hydrogens (tertiary/aromatic N) is 1. The van der Waals surface area contributed by atoms with E-state index in [1.807, 2.05) is 30.1 Å². The quantitative estimate of drug-likeness (QED) is 0.716. The van der Waals surface area contributed by atoms with Gasteiger partial charge in [-0.25, -0.2) is 0 Å². The van der Waals surface area contributed by atoms with Crippen LogP contribution >= 0.6 is 0 Å². The summed E-state index contributed by atoms with van der Waals surface area (Å²) in [6.07, 6.45) is -0.508. The molecule has 1 atom stereocenters. The van der Waals surface area contributed by atoms with Crippen molar-refractivity contribution in [3.63, 3.8) is 0 Å². The minimum absolute atomic E-state index is 0.184. The Morgan fingerprint density at radius 2 is 2.10 bits per heavy atom. The molecule has 5 heteroatoms. The van der Waals surface area contributed by atoms with E-state index in [-0.39, 0.29) is 6.61 Å². The van der Waals surface area contributed by atoms with Gasteiger partial charge in [0.05, 0.1) is 25.4 Å². The van der Waals surface area contributed by atoms with Gasteiger partial charge in [0.25, 0.3) is 0 Å². The minimum Gasteiger partial charge on any atom is -0.495 e. The van der Waals surface area contributed by atoms with Crippen molar-refractivity contribution in [2.75, 3.05) is 41.0 Å². The Morgan fingerprint density at radius 1 is 1.33 bits per heavy atom. The molecule has 0 heterocycles. The summed E-state index contributed by atoms with van der Waals surface area (Å²) in [4.78, 5) is 2.01. The number of rotatable bonds is 7. The van der Waals surface area contributed by atoms with Gasteiger partial charge in [-0.1, -0.05) is 17.9 Å². The molecule has 2 N–H and O–H groups in total. The van der Waals surface area contributed by atoms with Gasteiger partial charge in [0.1, 0.15) is 12.4 Å². The van der Waals surface area contributed by atoms with E-state index in [1.165, 1.54) is 0 Å². The maximum absolute atomic E-state index is 9.71. The molecule has 1 unspecified atom stereocenters. The highest BCUT2D eigenvalue weighted by molar-refractivity contribution is 5.48. The van der Waals surface area contributed by atoms with E-state index < -0.39 is 6.10 Å². The van der Waals surface area contributed by atoms with Gasteiger partial charge in [-0.2, -0.15) is 0 Å². The van der Waals surface area contributed by atoms with Gasteiger partial charge in [-0.05, 0) is 24.7 Å². The van der Waals surface area contributed by atoms with Crippen molar-refractivity contribution in [1.29, 1.82) is 0 Å². The second-order valence-electron chi connectivity index (χ2n) is 4.80. The highest BCUT2D eigenvalue weighted by Gasteiger charge is 2.09. The maximum Gasteiger partial charge on any atom is 0.134 e. The van der Waals surface area contributed by atoms with Gasteiger partial charge < -0.3 is 19.7 Å². The fourth-order valence-electron chi connectivity index (χ4n) is 2.07. The van der Waals surface area contributed by atoms with Crippen molar-refractivity contribution >= 4 is 0 Å².